The molecule has 2 heterocycles. The molecule has 0 aliphatic carbocycles. The van der Waals surface area contributed by atoms with Crippen LogP contribution in [0.2, 0.25) is 5.02 Å². The van der Waals surface area contributed by atoms with Crippen molar-refractivity contribution in [3.63, 3.8) is 0 Å². The smallest absolute Gasteiger partial charge is 0.408 e. The lowest BCUT2D eigenvalue weighted by Crippen LogP contribution is -2.38. The van der Waals surface area contributed by atoms with Gasteiger partial charge in [-0.25, -0.2) is 13.2 Å². The van der Waals surface area contributed by atoms with E-state index in [4.69, 9.17) is 16.0 Å². The molecule has 2 aromatic rings. The molecule has 24 heavy (non-hydrogen) atoms. The molecule has 9 heteroatoms. The summed E-state index contributed by atoms with van der Waals surface area (Å²) in [6.07, 6.45) is 0.544. The maximum absolute atomic E-state index is 12.3. The van der Waals surface area contributed by atoms with Gasteiger partial charge in [-0.3, -0.25) is 9.36 Å². The number of hydrogen-bond donors (Lipinski definition) is 0. The minimum absolute atomic E-state index is 0.00231. The van der Waals surface area contributed by atoms with Gasteiger partial charge in [-0.05, 0) is 18.6 Å². The van der Waals surface area contributed by atoms with Crippen LogP contribution in [0.15, 0.2) is 27.4 Å². The van der Waals surface area contributed by atoms with Crippen LogP contribution >= 0.6 is 11.6 Å². The molecule has 7 nitrogen and oxygen atoms in total. The molecule has 0 saturated carbocycles. The highest BCUT2D eigenvalue weighted by Crippen LogP contribution is 2.20. The summed E-state index contributed by atoms with van der Waals surface area (Å²) in [5.41, 5.74) is 0.943. The number of hydrogen-bond acceptors (Lipinski definition) is 5. The number of nitrogens with zero attached hydrogens (tertiary/aromatic N) is 2. The Bertz CT molecular complexity index is 946. The van der Waals surface area contributed by atoms with Gasteiger partial charge in [0.1, 0.15) is 0 Å². The SMILES string of the molecule is CN(C(=O)CCn1c(=O)oc2cc(Cl)ccc21)[C@@H]1CCS(=O)(=O)C1. The first-order valence-corrected chi connectivity index (χ1v) is 9.72. The van der Waals surface area contributed by atoms with Crippen LogP contribution in [0.4, 0.5) is 0 Å². The van der Waals surface area contributed by atoms with E-state index in [1.54, 1.807) is 25.2 Å². The number of carbonyl (C=O) groups is 1. The lowest BCUT2D eigenvalue weighted by molar-refractivity contribution is -0.131. The molecule has 1 fully saturated rings. The van der Waals surface area contributed by atoms with Crippen molar-refractivity contribution in [1.29, 1.82) is 0 Å². The third-order valence-corrected chi connectivity index (χ3v) is 6.31. The van der Waals surface area contributed by atoms with E-state index in [0.29, 0.717) is 22.5 Å². The van der Waals surface area contributed by atoms with E-state index in [9.17, 15) is 18.0 Å². The van der Waals surface area contributed by atoms with E-state index in [0.717, 1.165) is 0 Å². The van der Waals surface area contributed by atoms with E-state index in [1.165, 1.54) is 9.47 Å². The van der Waals surface area contributed by atoms with Crippen molar-refractivity contribution in [1.82, 2.24) is 9.47 Å². The van der Waals surface area contributed by atoms with Crippen LogP contribution in [-0.2, 0) is 21.2 Å². The Morgan fingerprint density at radius 1 is 1.46 bits per heavy atom. The molecule has 3 rings (SSSR count). The summed E-state index contributed by atoms with van der Waals surface area (Å²) in [5.74, 6) is -0.636. The van der Waals surface area contributed by atoms with Crippen molar-refractivity contribution in [2.75, 3.05) is 18.6 Å². The van der Waals surface area contributed by atoms with Crippen molar-refractivity contribution in [2.24, 2.45) is 0 Å². The molecule has 1 atom stereocenters. The van der Waals surface area contributed by atoms with Crippen molar-refractivity contribution in [3.8, 4) is 0 Å². The van der Waals surface area contributed by atoms with Gasteiger partial charge >= 0.3 is 5.76 Å². The molecular weight excluding hydrogens is 356 g/mol. The number of oxazole rings is 1. The highest BCUT2D eigenvalue weighted by atomic mass is 35.5. The monoisotopic (exact) mass is 372 g/mol. The van der Waals surface area contributed by atoms with Crippen LogP contribution < -0.4 is 5.76 Å². The van der Waals surface area contributed by atoms with Gasteiger partial charge in [-0.2, -0.15) is 0 Å². The quantitative estimate of drug-likeness (QED) is 0.806. The summed E-state index contributed by atoms with van der Waals surface area (Å²) >= 11 is 5.86. The zero-order valence-corrected chi connectivity index (χ0v) is 14.6. The molecule has 0 unspecified atom stereocenters. The second-order valence-corrected chi connectivity index (χ2v) is 8.61. The summed E-state index contributed by atoms with van der Waals surface area (Å²) in [4.78, 5) is 25.7. The maximum Gasteiger partial charge on any atom is 0.419 e. The molecule has 1 saturated heterocycles. The molecule has 1 aromatic carbocycles. The van der Waals surface area contributed by atoms with Gasteiger partial charge in [0, 0.05) is 37.1 Å². The minimum atomic E-state index is -3.05. The number of rotatable bonds is 4. The number of amides is 1. The van der Waals surface area contributed by atoms with E-state index >= 15 is 0 Å². The summed E-state index contributed by atoms with van der Waals surface area (Å²) in [7, 11) is -1.45. The van der Waals surface area contributed by atoms with E-state index in [1.807, 2.05) is 0 Å². The Kier molecular flexibility index (Phi) is 4.44. The second-order valence-electron chi connectivity index (χ2n) is 5.94. The largest absolute Gasteiger partial charge is 0.419 e. The zero-order valence-electron chi connectivity index (χ0n) is 13.1. The summed E-state index contributed by atoms with van der Waals surface area (Å²) < 4.78 is 29.5. The third kappa shape index (κ3) is 3.34. The fourth-order valence-electron chi connectivity index (χ4n) is 2.92. The Morgan fingerprint density at radius 3 is 2.88 bits per heavy atom. The zero-order chi connectivity index (χ0) is 17.5. The molecule has 1 aliphatic heterocycles. The van der Waals surface area contributed by atoms with Crippen LogP contribution in [0.5, 0.6) is 0 Å². The van der Waals surface area contributed by atoms with E-state index < -0.39 is 15.6 Å². The van der Waals surface area contributed by atoms with Gasteiger partial charge in [0.15, 0.2) is 15.4 Å². The summed E-state index contributed by atoms with van der Waals surface area (Å²) in [6, 6.07) is 4.57. The molecule has 1 aromatic heterocycles. The maximum atomic E-state index is 12.3. The highest BCUT2D eigenvalue weighted by molar-refractivity contribution is 7.91. The molecule has 0 N–H and O–H groups in total. The number of sulfone groups is 1. The Morgan fingerprint density at radius 2 is 2.21 bits per heavy atom. The fraction of sp³-hybridized carbons (Fsp3) is 0.467. The van der Waals surface area contributed by atoms with Gasteiger partial charge < -0.3 is 9.32 Å². The van der Waals surface area contributed by atoms with Crippen LogP contribution in [0.3, 0.4) is 0 Å². The first-order chi connectivity index (χ1) is 11.3. The summed E-state index contributed by atoms with van der Waals surface area (Å²) in [6.45, 7) is 0.163. The van der Waals surface area contributed by atoms with Crippen molar-refractivity contribution in [2.45, 2.75) is 25.4 Å². The van der Waals surface area contributed by atoms with Crippen molar-refractivity contribution >= 4 is 38.4 Å². The average molecular weight is 373 g/mol. The Hall–Kier alpha value is -1.80. The van der Waals surface area contributed by atoms with Gasteiger partial charge in [0.25, 0.3) is 0 Å². The molecule has 130 valence electrons. The topological polar surface area (TPSA) is 89.6 Å². The van der Waals surface area contributed by atoms with Crippen molar-refractivity contribution < 1.29 is 17.6 Å². The molecule has 1 aliphatic rings. The Balaban J connectivity index is 1.71. The normalized spacial score (nSPS) is 19.7. The first-order valence-electron chi connectivity index (χ1n) is 7.52. The third-order valence-electron chi connectivity index (χ3n) is 4.33. The molecule has 0 bridgehead atoms. The number of carbonyl (C=O) groups excluding carboxylic acids is 1. The average Bonchev–Trinajstić information content (AvgIpc) is 3.02. The van der Waals surface area contributed by atoms with Gasteiger partial charge in [-0.15, -0.1) is 0 Å². The number of aromatic nitrogens is 1. The van der Waals surface area contributed by atoms with Gasteiger partial charge in [-0.1, -0.05) is 11.6 Å². The molecule has 0 radical (unpaired) electrons. The van der Waals surface area contributed by atoms with Crippen LogP contribution in [0, 0.1) is 0 Å². The lowest BCUT2D eigenvalue weighted by Gasteiger charge is -2.23. The van der Waals surface area contributed by atoms with E-state index in [-0.39, 0.29) is 36.4 Å². The minimum Gasteiger partial charge on any atom is -0.408 e. The number of aryl methyl sites for hydroxylation is 1. The predicted molar refractivity (Wildman–Crippen MR) is 89.9 cm³/mol. The number of benzene rings is 1. The van der Waals surface area contributed by atoms with E-state index in [2.05, 4.69) is 0 Å². The predicted octanol–water partition coefficient (Wildman–Crippen LogP) is 1.28. The van der Waals surface area contributed by atoms with Gasteiger partial charge in [0.05, 0.1) is 17.0 Å². The lowest BCUT2D eigenvalue weighted by atomic mass is 10.2. The number of halogens is 1. The molecule has 0 spiro atoms. The van der Waals surface area contributed by atoms with Crippen LogP contribution in [0.25, 0.3) is 11.1 Å². The standard InChI is InChI=1S/C15H17ClN2O5S/c1-17(11-5-7-24(21,22)9-11)14(19)4-6-18-12-3-2-10(16)8-13(12)23-15(18)20/h2-3,8,11H,4-7,9H2,1H3/t11-/m1/s1. The first kappa shape index (κ1) is 17.0. The van der Waals surface area contributed by atoms with Gasteiger partial charge in [0.2, 0.25) is 5.91 Å². The number of fused-ring (bicyclic) bond motifs is 1. The highest BCUT2D eigenvalue weighted by Gasteiger charge is 2.32. The Labute approximate surface area is 143 Å². The van der Waals surface area contributed by atoms with Crippen molar-refractivity contribution in [3.05, 3.63) is 33.8 Å². The summed E-state index contributed by atoms with van der Waals surface area (Å²) in [5, 5.41) is 0.460. The molecule has 1 amide bonds. The van der Waals surface area contributed by atoms with Crippen LogP contribution in [-0.4, -0.2) is 48.4 Å². The second kappa shape index (κ2) is 6.25. The molecular formula is C15H17ClN2O5S. The fourth-order valence-corrected chi connectivity index (χ4v) is 4.86. The van der Waals surface area contributed by atoms with Crippen LogP contribution in [0.1, 0.15) is 12.8 Å².